The van der Waals surface area contributed by atoms with Crippen LogP contribution < -0.4 is 0 Å². The highest BCUT2D eigenvalue weighted by Gasteiger charge is 2.46. The molecule has 1 aliphatic carbocycles. The molecule has 2 atom stereocenters. The lowest BCUT2D eigenvalue weighted by molar-refractivity contribution is -0.144. The van der Waals surface area contributed by atoms with E-state index in [9.17, 15) is 9.18 Å². The Hall–Kier alpha value is -2.41. The maximum atomic E-state index is 14.0. The third-order valence-corrected chi connectivity index (χ3v) is 6.09. The first kappa shape index (κ1) is 19.9. The molecule has 0 N–H and O–H groups in total. The number of fused-ring (bicyclic) bond motifs is 1. The van der Waals surface area contributed by atoms with Gasteiger partial charge in [0.1, 0.15) is 11.6 Å². The van der Waals surface area contributed by atoms with E-state index in [2.05, 4.69) is 31.0 Å². The molecule has 0 aliphatic heterocycles. The van der Waals surface area contributed by atoms with E-state index in [1.165, 1.54) is 6.07 Å². The first-order valence-electron chi connectivity index (χ1n) is 9.77. The number of esters is 1. The number of benzene rings is 1. The van der Waals surface area contributed by atoms with Crippen LogP contribution in [0.15, 0.2) is 46.3 Å². The van der Waals surface area contributed by atoms with Gasteiger partial charge < -0.3 is 4.74 Å². The zero-order valence-electron chi connectivity index (χ0n) is 17.0. The molecule has 1 fully saturated rings. The molecule has 152 valence electrons. The van der Waals surface area contributed by atoms with E-state index < -0.39 is 0 Å². The first-order chi connectivity index (χ1) is 13.8. The van der Waals surface area contributed by atoms with E-state index in [1.54, 1.807) is 30.8 Å². The van der Waals surface area contributed by atoms with Crippen molar-refractivity contribution < 1.29 is 13.9 Å². The highest BCUT2D eigenvalue weighted by atomic mass is 32.2. The van der Waals surface area contributed by atoms with Crippen LogP contribution in [0, 0.1) is 11.7 Å². The number of carbonyl (C=O) groups is 1. The van der Waals surface area contributed by atoms with Gasteiger partial charge in [-0.2, -0.15) is 0 Å². The van der Waals surface area contributed by atoms with Crippen LogP contribution in [-0.4, -0.2) is 27.2 Å². The molecule has 1 aromatic carbocycles. The van der Waals surface area contributed by atoms with Crippen LogP contribution in [0.3, 0.4) is 0 Å². The van der Waals surface area contributed by atoms with Gasteiger partial charge in [-0.05, 0) is 55.2 Å². The molecule has 7 heteroatoms. The fourth-order valence-electron chi connectivity index (χ4n) is 3.52. The van der Waals surface area contributed by atoms with Crippen molar-refractivity contribution in [1.29, 1.82) is 0 Å². The van der Waals surface area contributed by atoms with Gasteiger partial charge in [-0.25, -0.2) is 4.39 Å². The number of carbonyl (C=O) groups excluding carboxylic acids is 1. The summed E-state index contributed by atoms with van der Waals surface area (Å²) >= 11 is 1.56. The van der Waals surface area contributed by atoms with E-state index in [0.29, 0.717) is 13.0 Å². The zero-order valence-corrected chi connectivity index (χ0v) is 17.8. The molecule has 29 heavy (non-hydrogen) atoms. The van der Waals surface area contributed by atoms with Gasteiger partial charge in [-0.1, -0.05) is 32.5 Å². The normalized spacial score (nSPS) is 18.8. The van der Waals surface area contributed by atoms with Crippen LogP contribution in [0.5, 0.6) is 0 Å². The maximum absolute atomic E-state index is 14.0. The molecule has 5 nitrogen and oxygen atoms in total. The number of halogens is 1. The fraction of sp³-hybridized carbons (Fsp3) is 0.409. The Bertz CT molecular complexity index is 1070. The van der Waals surface area contributed by atoms with Crippen LogP contribution in [-0.2, 0) is 14.9 Å². The zero-order chi connectivity index (χ0) is 20.8. The van der Waals surface area contributed by atoms with Gasteiger partial charge in [-0.3, -0.25) is 9.20 Å². The fourth-order valence-corrected chi connectivity index (χ4v) is 4.53. The molecule has 4 rings (SSSR count). The minimum Gasteiger partial charge on any atom is -0.466 e. The third kappa shape index (κ3) is 4.01. The van der Waals surface area contributed by atoms with Crippen LogP contribution >= 0.6 is 11.8 Å². The van der Waals surface area contributed by atoms with Gasteiger partial charge in [-0.15, -0.1) is 10.2 Å². The highest BCUT2D eigenvalue weighted by Crippen LogP contribution is 2.51. The Balaban J connectivity index is 1.64. The Morgan fingerprint density at radius 3 is 2.79 bits per heavy atom. The summed E-state index contributed by atoms with van der Waals surface area (Å²) in [5.74, 6) is 0.236. The minimum absolute atomic E-state index is 0.0102. The predicted molar refractivity (Wildman–Crippen MR) is 110 cm³/mol. The van der Waals surface area contributed by atoms with E-state index in [4.69, 9.17) is 4.74 Å². The van der Waals surface area contributed by atoms with Crippen molar-refractivity contribution in [1.82, 2.24) is 14.6 Å². The van der Waals surface area contributed by atoms with Crippen molar-refractivity contribution in [3.05, 3.63) is 53.7 Å². The Morgan fingerprint density at radius 2 is 2.07 bits per heavy atom. The van der Waals surface area contributed by atoms with Gasteiger partial charge in [0.15, 0.2) is 5.65 Å². The number of rotatable bonds is 5. The summed E-state index contributed by atoms with van der Waals surface area (Å²) in [7, 11) is 0. The maximum Gasteiger partial charge on any atom is 0.309 e. The SMILES string of the molecule is CCOC(=O)C1CC1c1cc(F)ccc1Sc1ccc2nnc(C(C)(C)C)n2c1. The van der Waals surface area contributed by atoms with Gasteiger partial charge in [0.25, 0.3) is 0 Å². The second kappa shape index (κ2) is 7.44. The quantitative estimate of drug-likeness (QED) is 0.552. The van der Waals surface area contributed by atoms with Crippen molar-refractivity contribution in [2.75, 3.05) is 6.61 Å². The predicted octanol–water partition coefficient (Wildman–Crippen LogP) is 4.98. The molecule has 1 saturated carbocycles. The largest absolute Gasteiger partial charge is 0.466 e. The molecule has 2 heterocycles. The second-order valence-electron chi connectivity index (χ2n) is 8.35. The molecule has 0 radical (unpaired) electrons. The molecule has 0 spiro atoms. The van der Waals surface area contributed by atoms with E-state index >= 15 is 0 Å². The van der Waals surface area contributed by atoms with Gasteiger partial charge in [0.2, 0.25) is 0 Å². The Kier molecular flexibility index (Phi) is 5.11. The summed E-state index contributed by atoms with van der Waals surface area (Å²) in [5.41, 5.74) is 1.53. The van der Waals surface area contributed by atoms with Gasteiger partial charge in [0.05, 0.1) is 12.5 Å². The van der Waals surface area contributed by atoms with Crippen LogP contribution in [0.2, 0.25) is 0 Å². The molecule has 1 aliphatic rings. The number of nitrogens with zero attached hydrogens (tertiary/aromatic N) is 3. The Morgan fingerprint density at radius 1 is 1.28 bits per heavy atom. The van der Waals surface area contributed by atoms with Crippen molar-refractivity contribution in [3.8, 4) is 0 Å². The molecule has 2 unspecified atom stereocenters. The molecular formula is C22H24FN3O2S. The van der Waals surface area contributed by atoms with E-state index in [1.807, 2.05) is 22.7 Å². The lowest BCUT2D eigenvalue weighted by atomic mass is 9.96. The summed E-state index contributed by atoms with van der Waals surface area (Å²) in [6.07, 6.45) is 2.72. The summed E-state index contributed by atoms with van der Waals surface area (Å²) in [4.78, 5) is 14.0. The highest BCUT2D eigenvalue weighted by molar-refractivity contribution is 7.99. The molecule has 2 aromatic heterocycles. The first-order valence-corrected chi connectivity index (χ1v) is 10.6. The van der Waals surface area contributed by atoms with E-state index in [-0.39, 0.29) is 29.0 Å². The van der Waals surface area contributed by atoms with E-state index in [0.717, 1.165) is 26.8 Å². The lowest BCUT2D eigenvalue weighted by Gasteiger charge is -2.16. The summed E-state index contributed by atoms with van der Waals surface area (Å²) in [6, 6.07) is 8.72. The average molecular weight is 414 g/mol. The molecule has 3 aromatic rings. The number of aromatic nitrogens is 3. The van der Waals surface area contributed by atoms with Crippen molar-refractivity contribution in [2.24, 2.45) is 5.92 Å². The van der Waals surface area contributed by atoms with Gasteiger partial charge >= 0.3 is 5.97 Å². The van der Waals surface area contributed by atoms with Crippen molar-refractivity contribution >= 4 is 23.4 Å². The van der Waals surface area contributed by atoms with Gasteiger partial charge in [0, 0.05) is 21.4 Å². The lowest BCUT2D eigenvalue weighted by Crippen LogP contribution is -2.15. The standard InChI is InChI=1S/C22H24FN3O2S/c1-5-28-20(27)17-11-15(17)16-10-13(23)6-8-18(16)29-14-7-9-19-24-25-21(22(2,3)4)26(19)12-14/h6-10,12,15,17H,5,11H2,1-4H3. The van der Waals surface area contributed by atoms with Crippen molar-refractivity contribution in [2.45, 2.75) is 55.2 Å². The monoisotopic (exact) mass is 413 g/mol. The topological polar surface area (TPSA) is 56.5 Å². The summed E-state index contributed by atoms with van der Waals surface area (Å²) in [5, 5.41) is 8.58. The third-order valence-electron chi connectivity index (χ3n) is 5.02. The van der Waals surface area contributed by atoms with Crippen LogP contribution in [0.4, 0.5) is 4.39 Å². The molecule has 0 saturated heterocycles. The summed E-state index contributed by atoms with van der Waals surface area (Å²) < 4.78 is 21.1. The molecule has 0 bridgehead atoms. The molecule has 0 amide bonds. The minimum atomic E-state index is -0.289. The van der Waals surface area contributed by atoms with Crippen LogP contribution in [0.1, 0.15) is 51.4 Å². The summed E-state index contributed by atoms with van der Waals surface area (Å²) in [6.45, 7) is 8.46. The van der Waals surface area contributed by atoms with Crippen molar-refractivity contribution in [3.63, 3.8) is 0 Å². The number of pyridine rings is 1. The number of hydrogen-bond donors (Lipinski definition) is 0. The smallest absolute Gasteiger partial charge is 0.309 e. The number of hydrogen-bond acceptors (Lipinski definition) is 5. The average Bonchev–Trinajstić information content (AvgIpc) is 3.34. The molecular weight excluding hydrogens is 389 g/mol. The van der Waals surface area contributed by atoms with Crippen LogP contribution in [0.25, 0.3) is 5.65 Å². The second-order valence-corrected chi connectivity index (χ2v) is 9.47. The number of ether oxygens (including phenoxy) is 1. The Labute approximate surface area is 173 Å².